The smallest absolute Gasteiger partial charge is 0.0948 e. The Balaban J connectivity index is 2.02. The van der Waals surface area contributed by atoms with Crippen LogP contribution in [0.25, 0.3) is 0 Å². The molecular formula is C15H21N3. The van der Waals surface area contributed by atoms with E-state index in [9.17, 15) is 0 Å². The first kappa shape index (κ1) is 12.7. The number of aryl methyl sites for hydroxylation is 3. The van der Waals surface area contributed by atoms with Gasteiger partial charge in [-0.2, -0.15) is 0 Å². The van der Waals surface area contributed by atoms with Crippen LogP contribution >= 0.6 is 0 Å². The minimum atomic E-state index is 0.822. The zero-order chi connectivity index (χ0) is 13.0. The molecule has 1 aromatic carbocycles. The second-order valence-electron chi connectivity index (χ2n) is 4.73. The molecule has 0 aliphatic heterocycles. The normalized spacial score (nSPS) is 10.6. The van der Waals surface area contributed by atoms with E-state index < -0.39 is 0 Å². The Kier molecular flexibility index (Phi) is 4.03. The van der Waals surface area contributed by atoms with Gasteiger partial charge in [-0.15, -0.1) is 0 Å². The molecule has 0 radical (unpaired) electrons. The lowest BCUT2D eigenvalue weighted by molar-refractivity contribution is 0.651. The fraction of sp³-hybridized carbons (Fsp3) is 0.400. The highest BCUT2D eigenvalue weighted by molar-refractivity contribution is 5.48. The van der Waals surface area contributed by atoms with Crippen LogP contribution in [-0.4, -0.2) is 9.55 Å². The second kappa shape index (κ2) is 5.71. The summed E-state index contributed by atoms with van der Waals surface area (Å²) in [6, 6.07) is 6.47. The van der Waals surface area contributed by atoms with Crippen LogP contribution in [-0.2, 0) is 13.1 Å². The molecular weight excluding hydrogens is 222 g/mol. The molecule has 0 bridgehead atoms. The van der Waals surface area contributed by atoms with E-state index in [1.54, 1.807) is 0 Å². The summed E-state index contributed by atoms with van der Waals surface area (Å²) in [5.41, 5.74) is 5.05. The van der Waals surface area contributed by atoms with E-state index in [0.717, 1.165) is 19.5 Å². The zero-order valence-corrected chi connectivity index (χ0v) is 11.4. The van der Waals surface area contributed by atoms with Crippen LogP contribution in [0.1, 0.15) is 30.2 Å². The molecule has 0 atom stereocenters. The van der Waals surface area contributed by atoms with Crippen molar-refractivity contribution in [1.29, 1.82) is 0 Å². The first-order chi connectivity index (χ1) is 8.70. The van der Waals surface area contributed by atoms with Gasteiger partial charge in [-0.05, 0) is 43.5 Å². The SMILES string of the molecule is CCCn1cncc1CNc1ccc(C)c(C)c1. The summed E-state index contributed by atoms with van der Waals surface area (Å²) in [7, 11) is 0. The largest absolute Gasteiger partial charge is 0.379 e. The maximum Gasteiger partial charge on any atom is 0.0948 e. The Morgan fingerprint density at radius 2 is 2.06 bits per heavy atom. The number of hydrogen-bond donors (Lipinski definition) is 1. The van der Waals surface area contributed by atoms with Gasteiger partial charge >= 0.3 is 0 Å². The zero-order valence-electron chi connectivity index (χ0n) is 11.4. The van der Waals surface area contributed by atoms with Crippen LogP contribution in [0.5, 0.6) is 0 Å². The monoisotopic (exact) mass is 243 g/mol. The first-order valence-corrected chi connectivity index (χ1v) is 6.51. The maximum atomic E-state index is 4.21. The van der Waals surface area contributed by atoms with Gasteiger partial charge in [0.25, 0.3) is 0 Å². The molecule has 96 valence electrons. The van der Waals surface area contributed by atoms with Gasteiger partial charge in [0.05, 0.1) is 18.6 Å². The first-order valence-electron chi connectivity index (χ1n) is 6.51. The lowest BCUT2D eigenvalue weighted by Gasteiger charge is -2.10. The Morgan fingerprint density at radius 1 is 1.22 bits per heavy atom. The van der Waals surface area contributed by atoms with Crippen molar-refractivity contribution in [3.05, 3.63) is 47.5 Å². The van der Waals surface area contributed by atoms with Crippen molar-refractivity contribution in [3.8, 4) is 0 Å². The molecule has 0 saturated heterocycles. The van der Waals surface area contributed by atoms with E-state index in [-0.39, 0.29) is 0 Å². The Labute approximate surface area is 109 Å². The van der Waals surface area contributed by atoms with Gasteiger partial charge in [-0.3, -0.25) is 0 Å². The molecule has 0 fully saturated rings. The minimum absolute atomic E-state index is 0.822. The highest BCUT2D eigenvalue weighted by Crippen LogP contribution is 2.15. The van der Waals surface area contributed by atoms with E-state index in [0.29, 0.717) is 0 Å². The average Bonchev–Trinajstić information content (AvgIpc) is 2.79. The Hall–Kier alpha value is -1.77. The highest BCUT2D eigenvalue weighted by Gasteiger charge is 2.01. The quantitative estimate of drug-likeness (QED) is 0.870. The Bertz CT molecular complexity index is 514. The lowest BCUT2D eigenvalue weighted by atomic mass is 10.1. The van der Waals surface area contributed by atoms with E-state index in [4.69, 9.17) is 0 Å². The molecule has 18 heavy (non-hydrogen) atoms. The molecule has 1 N–H and O–H groups in total. The van der Waals surface area contributed by atoms with Crippen molar-refractivity contribution in [2.45, 2.75) is 40.3 Å². The van der Waals surface area contributed by atoms with Crippen LogP contribution in [0.2, 0.25) is 0 Å². The molecule has 2 aromatic rings. The molecule has 2 rings (SSSR count). The molecule has 0 amide bonds. The number of imidazole rings is 1. The fourth-order valence-electron chi connectivity index (χ4n) is 1.98. The van der Waals surface area contributed by atoms with Crippen LogP contribution < -0.4 is 5.32 Å². The maximum absolute atomic E-state index is 4.21. The minimum Gasteiger partial charge on any atom is -0.379 e. The number of rotatable bonds is 5. The Morgan fingerprint density at radius 3 is 2.78 bits per heavy atom. The number of nitrogens with zero attached hydrogens (tertiary/aromatic N) is 2. The van der Waals surface area contributed by atoms with Crippen molar-refractivity contribution in [2.24, 2.45) is 0 Å². The van der Waals surface area contributed by atoms with Crippen molar-refractivity contribution in [3.63, 3.8) is 0 Å². The summed E-state index contributed by atoms with van der Waals surface area (Å²) in [5.74, 6) is 0. The summed E-state index contributed by atoms with van der Waals surface area (Å²) >= 11 is 0. The van der Waals surface area contributed by atoms with Crippen LogP contribution in [0, 0.1) is 13.8 Å². The fourth-order valence-corrected chi connectivity index (χ4v) is 1.98. The van der Waals surface area contributed by atoms with Crippen LogP contribution in [0.15, 0.2) is 30.7 Å². The highest BCUT2D eigenvalue weighted by atomic mass is 15.1. The lowest BCUT2D eigenvalue weighted by Crippen LogP contribution is -2.07. The van der Waals surface area contributed by atoms with E-state index in [1.807, 2.05) is 12.5 Å². The standard InChI is InChI=1S/C15H21N3/c1-4-7-18-11-16-9-15(18)10-17-14-6-5-12(2)13(3)8-14/h5-6,8-9,11,17H,4,7,10H2,1-3H3. The third kappa shape index (κ3) is 2.92. The van der Waals surface area contributed by atoms with Gasteiger partial charge in [-0.25, -0.2) is 4.98 Å². The molecule has 0 aliphatic rings. The molecule has 0 saturated carbocycles. The predicted octanol–water partition coefficient (Wildman–Crippen LogP) is 3.52. The molecule has 3 heteroatoms. The van der Waals surface area contributed by atoms with Gasteiger partial charge in [0.1, 0.15) is 0 Å². The van der Waals surface area contributed by atoms with Crippen molar-refractivity contribution >= 4 is 5.69 Å². The number of aromatic nitrogens is 2. The molecule has 1 aromatic heterocycles. The third-order valence-electron chi connectivity index (χ3n) is 3.24. The summed E-state index contributed by atoms with van der Waals surface area (Å²) in [6.07, 6.45) is 4.97. The summed E-state index contributed by atoms with van der Waals surface area (Å²) in [4.78, 5) is 4.21. The van der Waals surface area contributed by atoms with Crippen molar-refractivity contribution in [1.82, 2.24) is 9.55 Å². The van der Waals surface area contributed by atoms with Crippen LogP contribution in [0.3, 0.4) is 0 Å². The summed E-state index contributed by atoms with van der Waals surface area (Å²) < 4.78 is 2.20. The molecule has 0 unspecified atom stereocenters. The number of benzene rings is 1. The van der Waals surface area contributed by atoms with Gasteiger partial charge in [0.15, 0.2) is 0 Å². The van der Waals surface area contributed by atoms with Crippen molar-refractivity contribution in [2.75, 3.05) is 5.32 Å². The number of hydrogen-bond acceptors (Lipinski definition) is 2. The molecule has 1 heterocycles. The topological polar surface area (TPSA) is 29.9 Å². The number of nitrogens with one attached hydrogen (secondary N) is 1. The predicted molar refractivity (Wildman–Crippen MR) is 75.8 cm³/mol. The average molecular weight is 243 g/mol. The number of anilines is 1. The van der Waals surface area contributed by atoms with E-state index in [2.05, 4.69) is 53.8 Å². The second-order valence-corrected chi connectivity index (χ2v) is 4.73. The van der Waals surface area contributed by atoms with Gasteiger partial charge in [-0.1, -0.05) is 13.0 Å². The summed E-state index contributed by atoms with van der Waals surface area (Å²) in [6.45, 7) is 8.31. The van der Waals surface area contributed by atoms with Crippen LogP contribution in [0.4, 0.5) is 5.69 Å². The van der Waals surface area contributed by atoms with E-state index >= 15 is 0 Å². The van der Waals surface area contributed by atoms with Gasteiger partial charge in [0, 0.05) is 18.4 Å². The van der Waals surface area contributed by atoms with E-state index in [1.165, 1.54) is 22.5 Å². The third-order valence-corrected chi connectivity index (χ3v) is 3.24. The summed E-state index contributed by atoms with van der Waals surface area (Å²) in [5, 5.41) is 3.45. The van der Waals surface area contributed by atoms with Crippen molar-refractivity contribution < 1.29 is 0 Å². The van der Waals surface area contributed by atoms with Gasteiger partial charge < -0.3 is 9.88 Å². The molecule has 0 spiro atoms. The van der Waals surface area contributed by atoms with Gasteiger partial charge in [0.2, 0.25) is 0 Å². The molecule has 0 aliphatic carbocycles. The molecule has 3 nitrogen and oxygen atoms in total.